The van der Waals surface area contributed by atoms with Crippen LogP contribution in [0.15, 0.2) is 16.5 Å². The fourth-order valence-corrected chi connectivity index (χ4v) is 4.61. The van der Waals surface area contributed by atoms with E-state index < -0.39 is 30.5 Å². The standard InChI is InChI=1S/C27H32F3N5O6/c1-5-11-39-23-20-24(33-26(32-23)34(4)10-8-27(28,29)30)41-22(31-20)17-12-15(2)21(16(3)13-17)40-14-19(36)35-9-6-7-18(35)25(37)38/h12-13,18H,5-11,14H2,1-4H3,(H,37,38)/t18-/m0/s1. The number of hydrogen-bond acceptors (Lipinski definition) is 9. The Hall–Kier alpha value is -4.10. The summed E-state index contributed by atoms with van der Waals surface area (Å²) in [5.74, 6) is -0.635. The second-order valence-electron chi connectivity index (χ2n) is 9.95. The second kappa shape index (κ2) is 12.2. The molecule has 11 nitrogen and oxygen atoms in total. The Labute approximate surface area is 234 Å². The number of nitrogens with zero attached hydrogens (tertiary/aromatic N) is 5. The van der Waals surface area contributed by atoms with Gasteiger partial charge in [-0.3, -0.25) is 4.79 Å². The Kier molecular flexibility index (Phi) is 8.88. The normalized spacial score (nSPS) is 15.4. The van der Waals surface area contributed by atoms with E-state index in [-0.39, 0.29) is 42.1 Å². The van der Waals surface area contributed by atoms with Crippen molar-refractivity contribution in [3.8, 4) is 23.1 Å². The number of ether oxygens (including phenoxy) is 2. The molecule has 0 spiro atoms. The van der Waals surface area contributed by atoms with Gasteiger partial charge in [-0.05, 0) is 56.4 Å². The molecule has 0 saturated carbocycles. The smallest absolute Gasteiger partial charge is 0.390 e. The first kappa shape index (κ1) is 29.9. The van der Waals surface area contributed by atoms with Crippen LogP contribution < -0.4 is 14.4 Å². The molecule has 0 bridgehead atoms. The van der Waals surface area contributed by atoms with Crippen molar-refractivity contribution in [1.29, 1.82) is 0 Å². The largest absolute Gasteiger partial charge is 0.483 e. The predicted molar refractivity (Wildman–Crippen MR) is 142 cm³/mol. The minimum Gasteiger partial charge on any atom is -0.483 e. The number of aromatic nitrogens is 3. The van der Waals surface area contributed by atoms with Crippen molar-refractivity contribution in [2.24, 2.45) is 0 Å². The van der Waals surface area contributed by atoms with E-state index >= 15 is 0 Å². The molecule has 3 aromatic rings. The average molecular weight is 580 g/mol. The SMILES string of the molecule is CCCOc1nc(N(C)CCC(F)(F)F)nc2oc(-c3cc(C)c(OCC(=O)N4CCC[C@H]4C(=O)O)c(C)c3)nc12. The molecule has 1 fully saturated rings. The van der Waals surface area contributed by atoms with Gasteiger partial charge >= 0.3 is 12.1 Å². The van der Waals surface area contributed by atoms with E-state index in [1.807, 2.05) is 6.92 Å². The molecule has 1 amide bonds. The first-order valence-electron chi connectivity index (χ1n) is 13.2. The highest BCUT2D eigenvalue weighted by Crippen LogP contribution is 2.34. The Morgan fingerprint density at radius 1 is 1.17 bits per heavy atom. The number of aliphatic carboxylic acids is 1. The minimum atomic E-state index is -4.33. The molecule has 2 aromatic heterocycles. The summed E-state index contributed by atoms with van der Waals surface area (Å²) in [4.78, 5) is 39.8. The van der Waals surface area contributed by atoms with Gasteiger partial charge in [0.25, 0.3) is 11.6 Å². The summed E-state index contributed by atoms with van der Waals surface area (Å²) in [6.07, 6.45) is -3.64. The Morgan fingerprint density at radius 3 is 2.51 bits per heavy atom. The van der Waals surface area contributed by atoms with Crippen LogP contribution in [0.25, 0.3) is 22.7 Å². The van der Waals surface area contributed by atoms with Gasteiger partial charge in [-0.15, -0.1) is 0 Å². The summed E-state index contributed by atoms with van der Waals surface area (Å²) in [7, 11) is 1.45. The summed E-state index contributed by atoms with van der Waals surface area (Å²) in [5, 5.41) is 9.34. The molecule has 1 aliphatic rings. The first-order valence-corrected chi connectivity index (χ1v) is 13.2. The van der Waals surface area contributed by atoms with Crippen molar-refractivity contribution in [3.63, 3.8) is 0 Å². The maximum absolute atomic E-state index is 12.7. The number of fused-ring (bicyclic) bond motifs is 1. The third-order valence-corrected chi connectivity index (χ3v) is 6.64. The molecule has 14 heteroatoms. The predicted octanol–water partition coefficient (Wildman–Crippen LogP) is 4.53. The quantitative estimate of drug-likeness (QED) is 0.346. The van der Waals surface area contributed by atoms with Crippen LogP contribution in [0.1, 0.15) is 43.7 Å². The summed E-state index contributed by atoms with van der Waals surface area (Å²) in [5.41, 5.74) is 2.26. The van der Waals surface area contributed by atoms with E-state index in [1.54, 1.807) is 26.0 Å². The highest BCUT2D eigenvalue weighted by molar-refractivity contribution is 5.85. The van der Waals surface area contributed by atoms with Crippen LogP contribution in [0.2, 0.25) is 0 Å². The van der Waals surface area contributed by atoms with Crippen LogP contribution >= 0.6 is 0 Å². The molecule has 1 aromatic carbocycles. The van der Waals surface area contributed by atoms with Gasteiger partial charge in [-0.25, -0.2) is 9.78 Å². The number of carbonyl (C=O) groups excluding carboxylic acids is 1. The van der Waals surface area contributed by atoms with E-state index in [2.05, 4.69) is 15.0 Å². The number of alkyl halides is 3. The number of hydrogen-bond donors (Lipinski definition) is 1. The lowest BCUT2D eigenvalue weighted by Gasteiger charge is -2.22. The number of likely N-dealkylation sites (tertiary alicyclic amines) is 1. The molecule has 41 heavy (non-hydrogen) atoms. The van der Waals surface area contributed by atoms with Crippen LogP contribution in [-0.2, 0) is 9.59 Å². The number of halogens is 3. The third kappa shape index (κ3) is 6.98. The molecule has 0 radical (unpaired) electrons. The van der Waals surface area contributed by atoms with Gasteiger partial charge in [0.05, 0.1) is 13.0 Å². The van der Waals surface area contributed by atoms with Gasteiger partial charge in [-0.1, -0.05) is 6.92 Å². The van der Waals surface area contributed by atoms with E-state index in [9.17, 15) is 27.9 Å². The molecular formula is C27H32F3N5O6. The van der Waals surface area contributed by atoms with Crippen LogP contribution in [0.4, 0.5) is 19.1 Å². The van der Waals surface area contributed by atoms with Crippen molar-refractivity contribution in [2.45, 2.75) is 58.7 Å². The fraction of sp³-hybridized carbons (Fsp3) is 0.519. The van der Waals surface area contributed by atoms with E-state index in [4.69, 9.17) is 13.9 Å². The van der Waals surface area contributed by atoms with Crippen LogP contribution in [0, 0.1) is 13.8 Å². The number of oxazole rings is 1. The van der Waals surface area contributed by atoms with Crippen LogP contribution in [0.3, 0.4) is 0 Å². The zero-order valence-electron chi connectivity index (χ0n) is 23.2. The van der Waals surface area contributed by atoms with E-state index in [0.29, 0.717) is 54.9 Å². The molecule has 1 saturated heterocycles. The molecule has 3 heterocycles. The maximum atomic E-state index is 12.7. The summed E-state index contributed by atoms with van der Waals surface area (Å²) >= 11 is 0. The van der Waals surface area contributed by atoms with Crippen LogP contribution in [-0.4, -0.2) is 82.4 Å². The number of rotatable bonds is 11. The summed E-state index contributed by atoms with van der Waals surface area (Å²) < 4.78 is 55.7. The number of aryl methyl sites for hydroxylation is 2. The molecule has 222 valence electrons. The Bertz CT molecular complexity index is 1400. The van der Waals surface area contributed by atoms with Crippen molar-refractivity contribution >= 4 is 29.1 Å². The highest BCUT2D eigenvalue weighted by Gasteiger charge is 2.34. The van der Waals surface area contributed by atoms with Crippen LogP contribution in [0.5, 0.6) is 11.6 Å². The van der Waals surface area contributed by atoms with Gasteiger partial charge in [0.2, 0.25) is 17.7 Å². The highest BCUT2D eigenvalue weighted by atomic mass is 19.4. The zero-order valence-corrected chi connectivity index (χ0v) is 23.2. The lowest BCUT2D eigenvalue weighted by atomic mass is 10.1. The zero-order chi connectivity index (χ0) is 29.9. The molecule has 1 atom stereocenters. The fourth-order valence-electron chi connectivity index (χ4n) is 4.61. The summed E-state index contributed by atoms with van der Waals surface area (Å²) in [6, 6.07) is 2.67. The number of carboxylic acid groups (broad SMARTS) is 1. The van der Waals surface area contributed by atoms with Crippen molar-refractivity contribution < 1.29 is 41.8 Å². The Balaban J connectivity index is 1.58. The van der Waals surface area contributed by atoms with E-state index in [0.717, 1.165) is 0 Å². The maximum Gasteiger partial charge on any atom is 0.390 e. The molecule has 0 aliphatic carbocycles. The van der Waals surface area contributed by atoms with Gasteiger partial charge in [0, 0.05) is 25.7 Å². The van der Waals surface area contributed by atoms with Gasteiger partial charge in [-0.2, -0.15) is 23.1 Å². The van der Waals surface area contributed by atoms with Gasteiger partial charge in [0.1, 0.15) is 11.8 Å². The topological polar surface area (TPSA) is 131 Å². The van der Waals surface area contributed by atoms with Gasteiger partial charge in [0.15, 0.2) is 12.1 Å². The molecule has 4 rings (SSSR count). The molecule has 1 aliphatic heterocycles. The third-order valence-electron chi connectivity index (χ3n) is 6.64. The van der Waals surface area contributed by atoms with Crippen molar-refractivity contribution in [1.82, 2.24) is 19.9 Å². The average Bonchev–Trinajstić information content (AvgIpc) is 3.57. The second-order valence-corrected chi connectivity index (χ2v) is 9.95. The lowest BCUT2D eigenvalue weighted by Crippen LogP contribution is -2.42. The summed E-state index contributed by atoms with van der Waals surface area (Å²) in [6.45, 7) is 5.53. The minimum absolute atomic E-state index is 0.0134. The first-order chi connectivity index (χ1) is 19.4. The van der Waals surface area contributed by atoms with Gasteiger partial charge < -0.3 is 28.8 Å². The number of carboxylic acids is 1. The molecular weight excluding hydrogens is 547 g/mol. The Morgan fingerprint density at radius 2 is 1.88 bits per heavy atom. The van der Waals surface area contributed by atoms with Crippen molar-refractivity contribution in [2.75, 3.05) is 38.3 Å². The molecule has 0 unspecified atom stereocenters. The monoisotopic (exact) mass is 579 g/mol. The number of carbonyl (C=O) groups is 2. The number of amides is 1. The number of benzene rings is 1. The number of anilines is 1. The lowest BCUT2D eigenvalue weighted by molar-refractivity contribution is -0.149. The van der Waals surface area contributed by atoms with E-state index in [1.165, 1.54) is 16.8 Å². The van der Waals surface area contributed by atoms with Crippen molar-refractivity contribution in [3.05, 3.63) is 23.3 Å². The molecule has 1 N–H and O–H groups in total.